The maximum Gasteiger partial charge on any atom is 0.170 e. The van der Waals surface area contributed by atoms with Crippen molar-refractivity contribution < 1.29 is 19.1 Å². The predicted octanol–water partition coefficient (Wildman–Crippen LogP) is 2.58. The molecule has 1 aromatic rings. The van der Waals surface area contributed by atoms with Gasteiger partial charge in [-0.2, -0.15) is 0 Å². The first-order valence-corrected chi connectivity index (χ1v) is 8.45. The van der Waals surface area contributed by atoms with Gasteiger partial charge in [-0.15, -0.1) is 0 Å². The molecule has 2 heterocycles. The fraction of sp³-hybridized carbons (Fsp3) is 0.474. The number of Topliss-reactive ketones (excluding diaryl/α,β-unsaturated/α-hetero) is 2. The molecule has 126 valence electrons. The second-order valence-corrected chi connectivity index (χ2v) is 6.59. The highest BCUT2D eigenvalue weighted by Crippen LogP contribution is 2.45. The normalized spacial score (nSPS) is 22.8. The molecule has 0 fully saturated rings. The van der Waals surface area contributed by atoms with E-state index in [0.717, 1.165) is 42.8 Å². The molecule has 2 aliphatic heterocycles. The molecule has 0 bridgehead atoms. The molecule has 0 spiro atoms. The standard InChI is InChI=1S/C19H21NO4/c1-23-17-8-11-6-7-20-13-4-3-5-15(21)19(13)16(22)10-14(20)12(11)9-18(17)24-2/h8-9,14H,3-7,10H2,1-2H3. The SMILES string of the molecule is COc1cc2c(cc1OC)C1CC(=O)C3=C(CCCC3=O)N1CC2. The lowest BCUT2D eigenvalue weighted by Gasteiger charge is -2.45. The largest absolute Gasteiger partial charge is 0.493 e. The topological polar surface area (TPSA) is 55.8 Å². The number of ketones is 2. The van der Waals surface area contributed by atoms with Crippen LogP contribution < -0.4 is 9.47 Å². The number of carbonyl (C=O) groups excluding carboxylic acids is 2. The Morgan fingerprint density at radius 3 is 2.50 bits per heavy atom. The minimum absolute atomic E-state index is 0.00131. The minimum Gasteiger partial charge on any atom is -0.493 e. The van der Waals surface area contributed by atoms with Crippen LogP contribution in [0.5, 0.6) is 11.5 Å². The molecule has 5 heteroatoms. The van der Waals surface area contributed by atoms with E-state index in [4.69, 9.17) is 9.47 Å². The second kappa shape index (κ2) is 5.65. The molecule has 1 atom stereocenters. The third-order valence-electron chi connectivity index (χ3n) is 5.39. The number of allylic oxidation sites excluding steroid dienone is 2. The zero-order valence-electron chi connectivity index (χ0n) is 14.1. The Hall–Kier alpha value is -2.30. The van der Waals surface area contributed by atoms with Crippen molar-refractivity contribution in [2.75, 3.05) is 20.8 Å². The molecule has 1 aromatic carbocycles. The summed E-state index contributed by atoms with van der Waals surface area (Å²) in [6.45, 7) is 0.840. The number of nitrogens with zero attached hydrogens (tertiary/aromatic N) is 1. The van der Waals surface area contributed by atoms with E-state index in [-0.39, 0.29) is 17.6 Å². The Morgan fingerprint density at radius 1 is 1.00 bits per heavy atom. The van der Waals surface area contributed by atoms with Gasteiger partial charge in [-0.05, 0) is 42.5 Å². The molecule has 0 aromatic heterocycles. The lowest BCUT2D eigenvalue weighted by molar-refractivity contribution is -0.124. The van der Waals surface area contributed by atoms with Crippen LogP contribution in [0.4, 0.5) is 0 Å². The van der Waals surface area contributed by atoms with Crippen molar-refractivity contribution in [2.45, 2.75) is 38.1 Å². The molecule has 0 amide bonds. The molecule has 0 radical (unpaired) electrons. The van der Waals surface area contributed by atoms with Gasteiger partial charge >= 0.3 is 0 Å². The van der Waals surface area contributed by atoms with E-state index in [0.29, 0.717) is 24.2 Å². The second-order valence-electron chi connectivity index (χ2n) is 6.59. The highest BCUT2D eigenvalue weighted by atomic mass is 16.5. The van der Waals surface area contributed by atoms with Gasteiger partial charge < -0.3 is 14.4 Å². The van der Waals surface area contributed by atoms with Gasteiger partial charge in [-0.25, -0.2) is 0 Å². The summed E-state index contributed by atoms with van der Waals surface area (Å²) in [5, 5.41) is 0. The van der Waals surface area contributed by atoms with Gasteiger partial charge in [0.2, 0.25) is 0 Å². The van der Waals surface area contributed by atoms with Gasteiger partial charge in [-0.1, -0.05) is 0 Å². The number of hydrogen-bond acceptors (Lipinski definition) is 5. The fourth-order valence-electron chi connectivity index (χ4n) is 4.28. The summed E-state index contributed by atoms with van der Waals surface area (Å²) in [7, 11) is 3.26. The van der Waals surface area contributed by atoms with Crippen LogP contribution in [0.25, 0.3) is 0 Å². The number of hydrogen-bond donors (Lipinski definition) is 0. The maximum absolute atomic E-state index is 12.6. The highest BCUT2D eigenvalue weighted by molar-refractivity contribution is 6.21. The first kappa shape index (κ1) is 15.2. The number of carbonyl (C=O) groups is 2. The van der Waals surface area contributed by atoms with Gasteiger partial charge in [0, 0.05) is 25.1 Å². The molecule has 24 heavy (non-hydrogen) atoms. The van der Waals surface area contributed by atoms with Crippen molar-refractivity contribution in [3.8, 4) is 11.5 Å². The quantitative estimate of drug-likeness (QED) is 0.782. The van der Waals surface area contributed by atoms with Crippen LogP contribution in [0.2, 0.25) is 0 Å². The zero-order valence-corrected chi connectivity index (χ0v) is 14.1. The molecule has 0 saturated carbocycles. The van der Waals surface area contributed by atoms with E-state index in [1.165, 1.54) is 5.56 Å². The third kappa shape index (κ3) is 2.14. The van der Waals surface area contributed by atoms with Gasteiger partial charge in [0.25, 0.3) is 0 Å². The minimum atomic E-state index is -0.00131. The van der Waals surface area contributed by atoms with Gasteiger partial charge in [-0.3, -0.25) is 9.59 Å². The molecule has 1 aliphatic carbocycles. The van der Waals surface area contributed by atoms with Crippen molar-refractivity contribution >= 4 is 11.6 Å². The van der Waals surface area contributed by atoms with Gasteiger partial charge in [0.15, 0.2) is 23.1 Å². The third-order valence-corrected chi connectivity index (χ3v) is 5.39. The molecule has 4 rings (SSSR count). The monoisotopic (exact) mass is 327 g/mol. The van der Waals surface area contributed by atoms with Crippen LogP contribution >= 0.6 is 0 Å². The molecule has 1 unspecified atom stereocenters. The summed E-state index contributed by atoms with van der Waals surface area (Å²) in [5.74, 6) is 1.43. The Labute approximate surface area is 141 Å². The van der Waals surface area contributed by atoms with Crippen molar-refractivity contribution in [1.29, 1.82) is 0 Å². The fourth-order valence-corrected chi connectivity index (χ4v) is 4.28. The number of methoxy groups -OCH3 is 2. The van der Waals surface area contributed by atoms with E-state index in [2.05, 4.69) is 4.90 Å². The summed E-state index contributed by atoms with van der Waals surface area (Å²) in [6.07, 6.45) is 3.42. The molecule has 0 N–H and O–H groups in total. The van der Waals surface area contributed by atoms with Gasteiger partial charge in [0.1, 0.15) is 0 Å². The molecule has 3 aliphatic rings. The number of benzene rings is 1. The van der Waals surface area contributed by atoms with Crippen LogP contribution in [0.15, 0.2) is 23.4 Å². The number of fused-ring (bicyclic) bond motifs is 4. The van der Waals surface area contributed by atoms with Crippen LogP contribution in [0.1, 0.15) is 42.9 Å². The summed E-state index contributed by atoms with van der Waals surface area (Å²) >= 11 is 0. The molecular weight excluding hydrogens is 306 g/mol. The number of rotatable bonds is 2. The van der Waals surface area contributed by atoms with Crippen molar-refractivity contribution in [2.24, 2.45) is 0 Å². The van der Waals surface area contributed by atoms with E-state index in [1.54, 1.807) is 14.2 Å². The maximum atomic E-state index is 12.6. The van der Waals surface area contributed by atoms with Gasteiger partial charge in [0.05, 0.1) is 25.8 Å². The Kier molecular flexibility index (Phi) is 3.59. The van der Waals surface area contributed by atoms with E-state index in [1.807, 2.05) is 12.1 Å². The smallest absolute Gasteiger partial charge is 0.170 e. The molecular formula is C19H21NO4. The van der Waals surface area contributed by atoms with Crippen molar-refractivity contribution in [3.05, 3.63) is 34.5 Å². The van der Waals surface area contributed by atoms with Crippen LogP contribution in [0.3, 0.4) is 0 Å². The zero-order chi connectivity index (χ0) is 16.8. The first-order valence-electron chi connectivity index (χ1n) is 8.45. The van der Waals surface area contributed by atoms with E-state index >= 15 is 0 Å². The Balaban J connectivity index is 1.81. The Morgan fingerprint density at radius 2 is 1.75 bits per heavy atom. The summed E-state index contributed by atoms with van der Waals surface area (Å²) < 4.78 is 10.8. The average molecular weight is 327 g/mol. The van der Waals surface area contributed by atoms with Crippen molar-refractivity contribution in [1.82, 2.24) is 4.90 Å². The molecule has 0 saturated heterocycles. The first-order chi connectivity index (χ1) is 11.6. The van der Waals surface area contributed by atoms with Crippen molar-refractivity contribution in [3.63, 3.8) is 0 Å². The summed E-state index contributed by atoms with van der Waals surface area (Å²) in [4.78, 5) is 27.1. The van der Waals surface area contributed by atoms with Crippen LogP contribution in [-0.4, -0.2) is 37.2 Å². The summed E-state index contributed by atoms with van der Waals surface area (Å²) in [5.41, 5.74) is 3.76. The molecule has 5 nitrogen and oxygen atoms in total. The van der Waals surface area contributed by atoms with Crippen LogP contribution in [0, 0.1) is 0 Å². The lowest BCUT2D eigenvalue weighted by Crippen LogP contribution is -2.43. The van der Waals surface area contributed by atoms with E-state index in [9.17, 15) is 9.59 Å². The average Bonchev–Trinajstić information content (AvgIpc) is 2.60. The lowest BCUT2D eigenvalue weighted by atomic mass is 9.79. The highest BCUT2D eigenvalue weighted by Gasteiger charge is 2.41. The predicted molar refractivity (Wildman–Crippen MR) is 88.2 cm³/mol. The number of ether oxygens (including phenoxy) is 2. The van der Waals surface area contributed by atoms with Crippen LogP contribution in [-0.2, 0) is 16.0 Å². The van der Waals surface area contributed by atoms with E-state index < -0.39 is 0 Å². The summed E-state index contributed by atoms with van der Waals surface area (Å²) in [6, 6.07) is 4.02. The Bertz CT molecular complexity index is 765.